The van der Waals surface area contributed by atoms with Crippen LogP contribution in [0, 0.1) is 5.92 Å². The van der Waals surface area contributed by atoms with E-state index in [4.69, 9.17) is 5.11 Å². The average Bonchev–Trinajstić information content (AvgIpc) is 3.17. The first-order valence-electron chi connectivity index (χ1n) is 6.95. The summed E-state index contributed by atoms with van der Waals surface area (Å²) in [4.78, 5) is 35.5. The topological polar surface area (TPSA) is 98.7 Å². The van der Waals surface area contributed by atoms with Gasteiger partial charge < -0.3 is 20.6 Å². The molecule has 1 aliphatic rings. The summed E-state index contributed by atoms with van der Waals surface area (Å²) in [6.45, 7) is 1.95. The minimum Gasteiger partial charge on any atom is -0.481 e. The van der Waals surface area contributed by atoms with E-state index in [1.165, 1.54) is 11.9 Å². The molecule has 7 nitrogen and oxygen atoms in total. The molecule has 0 aromatic carbocycles. The number of rotatable bonds is 8. The maximum Gasteiger partial charge on any atom is 0.317 e. The smallest absolute Gasteiger partial charge is 0.317 e. The molecule has 1 rings (SSSR count). The van der Waals surface area contributed by atoms with Crippen LogP contribution in [0.3, 0.4) is 0 Å². The van der Waals surface area contributed by atoms with Crippen LogP contribution in [0.1, 0.15) is 32.6 Å². The number of carboxylic acids is 1. The van der Waals surface area contributed by atoms with E-state index in [1.807, 2.05) is 6.92 Å². The van der Waals surface area contributed by atoms with Crippen LogP contribution < -0.4 is 10.6 Å². The Morgan fingerprint density at radius 1 is 1.35 bits per heavy atom. The largest absolute Gasteiger partial charge is 0.481 e. The van der Waals surface area contributed by atoms with Gasteiger partial charge in [-0.1, -0.05) is 13.3 Å². The van der Waals surface area contributed by atoms with E-state index in [2.05, 4.69) is 10.6 Å². The number of likely N-dealkylation sites (N-methyl/N-ethyl adjacent to an activating group) is 1. The summed E-state index contributed by atoms with van der Waals surface area (Å²) >= 11 is 0. The summed E-state index contributed by atoms with van der Waals surface area (Å²) in [5.74, 6) is -1.69. The molecule has 1 saturated carbocycles. The third-order valence-electron chi connectivity index (χ3n) is 3.16. The molecule has 0 aromatic rings. The Labute approximate surface area is 118 Å². The fourth-order valence-electron chi connectivity index (χ4n) is 1.79. The number of nitrogens with zero attached hydrogens (tertiary/aromatic N) is 1. The zero-order valence-electron chi connectivity index (χ0n) is 12.0. The quantitative estimate of drug-likeness (QED) is 0.601. The molecule has 3 N–H and O–H groups in total. The molecule has 0 heterocycles. The third-order valence-corrected chi connectivity index (χ3v) is 3.16. The molecule has 0 bridgehead atoms. The minimum atomic E-state index is -0.915. The Balaban J connectivity index is 2.28. The van der Waals surface area contributed by atoms with E-state index < -0.39 is 17.9 Å². The summed E-state index contributed by atoms with van der Waals surface area (Å²) in [6, 6.07) is -0.168. The molecule has 1 unspecified atom stereocenters. The summed E-state index contributed by atoms with van der Waals surface area (Å²) in [5, 5.41) is 14.3. The number of hydrogen-bond acceptors (Lipinski definition) is 3. The number of nitrogens with one attached hydrogen (secondary N) is 2. The molecule has 1 atom stereocenters. The second-order valence-electron chi connectivity index (χ2n) is 5.21. The zero-order valence-corrected chi connectivity index (χ0v) is 12.0. The van der Waals surface area contributed by atoms with Crippen LogP contribution >= 0.6 is 0 Å². The lowest BCUT2D eigenvalue weighted by Crippen LogP contribution is -2.45. The fourth-order valence-corrected chi connectivity index (χ4v) is 1.79. The molecule has 1 aliphatic carbocycles. The van der Waals surface area contributed by atoms with Crippen LogP contribution in [-0.4, -0.2) is 54.1 Å². The van der Waals surface area contributed by atoms with Gasteiger partial charge in [0.05, 0.1) is 5.92 Å². The Hall–Kier alpha value is -1.79. The van der Waals surface area contributed by atoms with E-state index in [-0.39, 0.29) is 25.0 Å². The van der Waals surface area contributed by atoms with Crippen molar-refractivity contribution in [1.82, 2.24) is 15.5 Å². The SMILES string of the molecule is CCCC(CNC(=O)N(C)CC(=O)NC1CC1)C(=O)O. The number of urea groups is 1. The van der Waals surface area contributed by atoms with Crippen molar-refractivity contribution in [3.63, 3.8) is 0 Å². The molecule has 0 saturated heterocycles. The van der Waals surface area contributed by atoms with Gasteiger partial charge in [0, 0.05) is 19.6 Å². The predicted molar refractivity (Wildman–Crippen MR) is 73.2 cm³/mol. The lowest BCUT2D eigenvalue weighted by molar-refractivity contribution is -0.141. The Kier molecular flexibility index (Phi) is 6.27. The molecule has 1 fully saturated rings. The van der Waals surface area contributed by atoms with Crippen molar-refractivity contribution in [3.05, 3.63) is 0 Å². The van der Waals surface area contributed by atoms with Gasteiger partial charge in [-0.2, -0.15) is 0 Å². The van der Waals surface area contributed by atoms with Crippen molar-refractivity contribution in [1.29, 1.82) is 0 Å². The molecule has 114 valence electrons. The lowest BCUT2D eigenvalue weighted by Gasteiger charge is -2.19. The van der Waals surface area contributed by atoms with E-state index in [1.54, 1.807) is 0 Å². The lowest BCUT2D eigenvalue weighted by atomic mass is 10.0. The van der Waals surface area contributed by atoms with Crippen LogP contribution in [0.5, 0.6) is 0 Å². The Morgan fingerprint density at radius 3 is 2.50 bits per heavy atom. The van der Waals surface area contributed by atoms with Crippen LogP contribution in [0.2, 0.25) is 0 Å². The van der Waals surface area contributed by atoms with Gasteiger partial charge in [-0.05, 0) is 19.3 Å². The van der Waals surface area contributed by atoms with Gasteiger partial charge in [0.25, 0.3) is 0 Å². The van der Waals surface area contributed by atoms with Gasteiger partial charge in [-0.3, -0.25) is 9.59 Å². The maximum atomic E-state index is 11.8. The molecular weight excluding hydrogens is 262 g/mol. The maximum absolute atomic E-state index is 11.8. The first-order valence-corrected chi connectivity index (χ1v) is 6.95. The first kappa shape index (κ1) is 16.3. The third kappa shape index (κ3) is 5.90. The molecular formula is C13H23N3O4. The predicted octanol–water partition coefficient (Wildman–Crippen LogP) is 0.407. The number of aliphatic carboxylic acids is 1. The van der Waals surface area contributed by atoms with Crippen LogP contribution in [0.15, 0.2) is 0 Å². The highest BCUT2D eigenvalue weighted by molar-refractivity contribution is 5.84. The van der Waals surface area contributed by atoms with E-state index >= 15 is 0 Å². The van der Waals surface area contributed by atoms with Crippen LogP contribution in [0.4, 0.5) is 4.79 Å². The summed E-state index contributed by atoms with van der Waals surface area (Å²) in [7, 11) is 1.51. The Morgan fingerprint density at radius 2 is 2.00 bits per heavy atom. The molecule has 20 heavy (non-hydrogen) atoms. The van der Waals surface area contributed by atoms with Crippen molar-refractivity contribution in [2.45, 2.75) is 38.6 Å². The highest BCUT2D eigenvalue weighted by Gasteiger charge is 2.24. The summed E-state index contributed by atoms with van der Waals surface area (Å²) < 4.78 is 0. The molecule has 3 amide bonds. The number of carbonyl (C=O) groups excluding carboxylic acids is 2. The number of carboxylic acid groups (broad SMARTS) is 1. The number of carbonyl (C=O) groups is 3. The van der Waals surface area contributed by atoms with E-state index in [0.29, 0.717) is 6.42 Å². The average molecular weight is 285 g/mol. The molecule has 0 radical (unpaired) electrons. The van der Waals surface area contributed by atoms with Gasteiger partial charge in [0.15, 0.2) is 0 Å². The molecule has 0 aromatic heterocycles. The highest BCUT2D eigenvalue weighted by Crippen LogP contribution is 2.18. The zero-order chi connectivity index (χ0) is 15.1. The van der Waals surface area contributed by atoms with Crippen LogP contribution in [0.25, 0.3) is 0 Å². The van der Waals surface area contributed by atoms with Gasteiger partial charge in [0.2, 0.25) is 5.91 Å². The summed E-state index contributed by atoms with van der Waals surface area (Å²) in [6.07, 6.45) is 3.26. The fraction of sp³-hybridized carbons (Fsp3) is 0.769. The van der Waals surface area contributed by atoms with E-state index in [9.17, 15) is 14.4 Å². The second kappa shape index (κ2) is 7.72. The molecule has 0 aliphatic heterocycles. The van der Waals surface area contributed by atoms with Crippen LogP contribution in [-0.2, 0) is 9.59 Å². The van der Waals surface area contributed by atoms with Gasteiger partial charge in [-0.15, -0.1) is 0 Å². The normalized spacial score (nSPS) is 15.3. The van der Waals surface area contributed by atoms with Crippen molar-refractivity contribution in [2.24, 2.45) is 5.92 Å². The Bertz CT molecular complexity index is 369. The minimum absolute atomic E-state index is 0.0200. The van der Waals surface area contributed by atoms with Gasteiger partial charge in [0.1, 0.15) is 6.54 Å². The van der Waals surface area contributed by atoms with E-state index in [0.717, 1.165) is 19.3 Å². The monoisotopic (exact) mass is 285 g/mol. The number of hydrogen-bond donors (Lipinski definition) is 3. The van der Waals surface area contributed by atoms with Crippen molar-refractivity contribution >= 4 is 17.9 Å². The van der Waals surface area contributed by atoms with Gasteiger partial charge in [-0.25, -0.2) is 4.79 Å². The first-order chi connectivity index (χ1) is 9.43. The standard InChI is InChI=1S/C13H23N3O4/c1-3-4-9(12(18)19)7-14-13(20)16(2)8-11(17)15-10-5-6-10/h9-10H,3-8H2,1-2H3,(H,14,20)(H,15,17)(H,18,19). The van der Waals surface area contributed by atoms with Crippen molar-refractivity contribution < 1.29 is 19.5 Å². The van der Waals surface area contributed by atoms with Gasteiger partial charge >= 0.3 is 12.0 Å². The van der Waals surface area contributed by atoms with Crippen molar-refractivity contribution in [3.8, 4) is 0 Å². The van der Waals surface area contributed by atoms with Crippen molar-refractivity contribution in [2.75, 3.05) is 20.1 Å². The summed E-state index contributed by atoms with van der Waals surface area (Å²) in [5.41, 5.74) is 0. The number of amides is 3. The molecule has 0 spiro atoms. The highest BCUT2D eigenvalue weighted by atomic mass is 16.4. The second-order valence-corrected chi connectivity index (χ2v) is 5.21. The molecule has 7 heteroatoms.